The molecule has 0 aromatic heterocycles. The highest BCUT2D eigenvalue weighted by atomic mass is 35.5. The molecular weight excluding hydrogens is 435 g/mol. The van der Waals surface area contributed by atoms with Crippen LogP contribution < -0.4 is 0 Å². The van der Waals surface area contributed by atoms with Crippen molar-refractivity contribution in [2.24, 2.45) is 28.6 Å². The maximum atomic E-state index is 17.3. The minimum Gasteiger partial charge on any atom is -0.390 e. The van der Waals surface area contributed by atoms with Crippen LogP contribution in [0.25, 0.3) is 0 Å². The SMILES string of the molecule is C[C@H]1C[C@H]2[C@@H]3C[C@H]4OC(C)(C)O[C@@]4(C(=O)CCl)[C@@]3(C)C[C@H](O)[C@]2(F)[C@@]2(C)C=CC(=O)C=C12. The van der Waals surface area contributed by atoms with Crippen LogP contribution in [0, 0.1) is 28.6 Å². The number of Topliss-reactive ketones (excluding diaryl/α,β-unsaturated/α-hetero) is 1. The van der Waals surface area contributed by atoms with Crippen LogP contribution in [0.2, 0.25) is 0 Å². The highest BCUT2D eigenvalue weighted by molar-refractivity contribution is 6.29. The molecule has 7 heteroatoms. The van der Waals surface area contributed by atoms with Gasteiger partial charge in [-0.2, -0.15) is 0 Å². The van der Waals surface area contributed by atoms with E-state index in [0.29, 0.717) is 12.8 Å². The van der Waals surface area contributed by atoms with Gasteiger partial charge >= 0.3 is 0 Å². The summed E-state index contributed by atoms with van der Waals surface area (Å²) >= 11 is 6.06. The maximum absolute atomic E-state index is 17.3. The Balaban J connectivity index is 1.66. The van der Waals surface area contributed by atoms with Crippen LogP contribution in [0.4, 0.5) is 4.39 Å². The molecule has 32 heavy (non-hydrogen) atoms. The molecule has 5 aliphatic rings. The van der Waals surface area contributed by atoms with E-state index >= 15 is 4.39 Å². The van der Waals surface area contributed by atoms with Crippen molar-refractivity contribution in [3.63, 3.8) is 0 Å². The first-order valence-electron chi connectivity index (χ1n) is 11.6. The lowest BCUT2D eigenvalue weighted by atomic mass is 9.43. The normalized spacial score (nSPS) is 53.2. The highest BCUT2D eigenvalue weighted by Crippen LogP contribution is 2.72. The number of carbonyl (C=O) groups excluding carboxylic acids is 2. The van der Waals surface area contributed by atoms with Crippen LogP contribution in [0.5, 0.6) is 0 Å². The van der Waals surface area contributed by atoms with Crippen molar-refractivity contribution in [3.05, 3.63) is 23.8 Å². The van der Waals surface area contributed by atoms with E-state index in [1.165, 1.54) is 6.08 Å². The van der Waals surface area contributed by atoms with Crippen LogP contribution in [0.15, 0.2) is 23.8 Å². The van der Waals surface area contributed by atoms with Gasteiger partial charge in [0.1, 0.15) is 0 Å². The molecule has 1 heterocycles. The van der Waals surface area contributed by atoms with E-state index in [9.17, 15) is 14.7 Å². The molecule has 0 bridgehead atoms. The van der Waals surface area contributed by atoms with E-state index in [4.69, 9.17) is 21.1 Å². The van der Waals surface area contributed by atoms with Crippen LogP contribution >= 0.6 is 11.6 Å². The molecule has 5 nitrogen and oxygen atoms in total. The molecule has 9 atom stereocenters. The first-order chi connectivity index (χ1) is 14.8. The first kappa shape index (κ1) is 22.7. The van der Waals surface area contributed by atoms with E-state index in [-0.39, 0.29) is 35.7 Å². The standard InChI is InChI=1S/C25H32ClFO5/c1-13-8-17-16-10-20-25(19(30)12-26,32-21(2,3)31-20)23(16,5)11-18(29)24(17,27)22(4)7-6-14(28)9-15(13)22/h6-7,9,13,16-18,20,29H,8,10-12H2,1-5H3/t13-,16-,17-,18-,20+,22-,23-,24-,25+/m0/s1. The number of rotatable bonds is 2. The van der Waals surface area contributed by atoms with Gasteiger partial charge in [-0.25, -0.2) is 4.39 Å². The van der Waals surface area contributed by atoms with Crippen molar-refractivity contribution in [2.75, 3.05) is 5.88 Å². The Morgan fingerprint density at radius 2 is 1.94 bits per heavy atom. The van der Waals surface area contributed by atoms with Crippen molar-refractivity contribution in [3.8, 4) is 0 Å². The van der Waals surface area contributed by atoms with Crippen molar-refractivity contribution in [2.45, 2.75) is 83.1 Å². The Morgan fingerprint density at radius 1 is 1.25 bits per heavy atom. The number of aliphatic hydroxyl groups is 1. The highest BCUT2D eigenvalue weighted by Gasteiger charge is 2.80. The zero-order valence-electron chi connectivity index (χ0n) is 19.3. The predicted octanol–water partition coefficient (Wildman–Crippen LogP) is 3.91. The number of aliphatic hydroxyl groups excluding tert-OH is 1. The lowest BCUT2D eigenvalue weighted by molar-refractivity contribution is -0.247. The summed E-state index contributed by atoms with van der Waals surface area (Å²) in [4.78, 5) is 25.4. The molecule has 3 saturated carbocycles. The zero-order chi connectivity index (χ0) is 23.5. The molecule has 5 rings (SSSR count). The number of halogens is 2. The number of allylic oxidation sites excluding steroid dienone is 4. The third kappa shape index (κ3) is 2.40. The van der Waals surface area contributed by atoms with Gasteiger partial charge in [-0.1, -0.05) is 25.5 Å². The number of hydrogen-bond acceptors (Lipinski definition) is 5. The minimum absolute atomic E-state index is 0.0317. The van der Waals surface area contributed by atoms with Gasteiger partial charge < -0.3 is 14.6 Å². The lowest BCUT2D eigenvalue weighted by Gasteiger charge is -2.63. The molecule has 1 aliphatic heterocycles. The van der Waals surface area contributed by atoms with Gasteiger partial charge in [0.05, 0.1) is 18.1 Å². The molecule has 176 valence electrons. The summed E-state index contributed by atoms with van der Waals surface area (Å²) in [5, 5.41) is 11.5. The van der Waals surface area contributed by atoms with Gasteiger partial charge in [-0.05, 0) is 64.0 Å². The van der Waals surface area contributed by atoms with Crippen molar-refractivity contribution < 1.29 is 28.6 Å². The zero-order valence-corrected chi connectivity index (χ0v) is 20.0. The largest absolute Gasteiger partial charge is 0.390 e. The number of ketones is 2. The van der Waals surface area contributed by atoms with Crippen LogP contribution in [-0.2, 0) is 19.1 Å². The number of alkyl halides is 2. The van der Waals surface area contributed by atoms with E-state index in [2.05, 4.69) is 0 Å². The molecular formula is C25H32ClFO5. The van der Waals surface area contributed by atoms with Crippen LogP contribution in [-0.4, -0.2) is 51.8 Å². The molecule has 4 aliphatic carbocycles. The third-order valence-electron chi connectivity index (χ3n) is 9.50. The molecule has 4 fully saturated rings. The monoisotopic (exact) mass is 466 g/mol. The van der Waals surface area contributed by atoms with Crippen molar-refractivity contribution >= 4 is 23.2 Å². The average molecular weight is 467 g/mol. The fraction of sp³-hybridized carbons (Fsp3) is 0.760. The second kappa shape index (κ2) is 6.53. The van der Waals surface area contributed by atoms with Gasteiger partial charge in [0.25, 0.3) is 0 Å². The summed E-state index contributed by atoms with van der Waals surface area (Å²) < 4.78 is 29.9. The number of fused-ring (bicyclic) bond motifs is 7. The van der Waals surface area contributed by atoms with Crippen LogP contribution in [0.1, 0.15) is 53.9 Å². The second-order valence-electron chi connectivity index (χ2n) is 11.4. The third-order valence-corrected chi connectivity index (χ3v) is 9.74. The molecule has 0 amide bonds. The van der Waals surface area contributed by atoms with Gasteiger partial charge in [-0.3, -0.25) is 9.59 Å². The molecule has 0 aromatic carbocycles. The van der Waals surface area contributed by atoms with Gasteiger partial charge in [0.2, 0.25) is 0 Å². The second-order valence-corrected chi connectivity index (χ2v) is 11.7. The fourth-order valence-electron chi connectivity index (χ4n) is 8.30. The topological polar surface area (TPSA) is 72.8 Å². The van der Waals surface area contributed by atoms with E-state index in [0.717, 1.165) is 5.57 Å². The molecule has 0 radical (unpaired) electrons. The average Bonchev–Trinajstić information content (AvgIpc) is 3.11. The Kier molecular flexibility index (Phi) is 4.63. The quantitative estimate of drug-likeness (QED) is 0.624. The predicted molar refractivity (Wildman–Crippen MR) is 117 cm³/mol. The summed E-state index contributed by atoms with van der Waals surface area (Å²) in [7, 11) is 0. The van der Waals surface area contributed by atoms with Gasteiger partial charge in [0, 0.05) is 16.7 Å². The molecule has 1 N–H and O–H groups in total. The molecule has 0 aromatic rings. The summed E-state index contributed by atoms with van der Waals surface area (Å²) in [6, 6.07) is 0. The van der Waals surface area contributed by atoms with E-state index < -0.39 is 46.0 Å². The smallest absolute Gasteiger partial charge is 0.182 e. The van der Waals surface area contributed by atoms with Gasteiger partial charge in [-0.15, -0.1) is 11.6 Å². The fourth-order valence-corrected chi connectivity index (χ4v) is 8.50. The summed E-state index contributed by atoms with van der Waals surface area (Å²) in [6.07, 6.45) is 3.73. The maximum Gasteiger partial charge on any atom is 0.182 e. The lowest BCUT2D eigenvalue weighted by Crippen LogP contribution is -2.70. The molecule has 0 spiro atoms. The Labute approximate surface area is 193 Å². The summed E-state index contributed by atoms with van der Waals surface area (Å²) in [5.41, 5.74) is -4.46. The van der Waals surface area contributed by atoms with Crippen molar-refractivity contribution in [1.82, 2.24) is 0 Å². The number of hydrogen-bond donors (Lipinski definition) is 1. The number of ether oxygens (including phenoxy) is 2. The van der Waals surface area contributed by atoms with Crippen LogP contribution in [0.3, 0.4) is 0 Å². The Bertz CT molecular complexity index is 960. The summed E-state index contributed by atoms with van der Waals surface area (Å²) in [6.45, 7) is 9.29. The first-order valence-corrected chi connectivity index (χ1v) is 12.1. The van der Waals surface area contributed by atoms with Gasteiger partial charge in [0.15, 0.2) is 28.6 Å². The van der Waals surface area contributed by atoms with E-state index in [1.807, 2.05) is 13.8 Å². The summed E-state index contributed by atoms with van der Waals surface area (Å²) in [5.74, 6) is -2.40. The Hall–Kier alpha value is -1.08. The number of carbonyl (C=O) groups is 2. The van der Waals surface area contributed by atoms with Crippen molar-refractivity contribution in [1.29, 1.82) is 0 Å². The minimum atomic E-state index is -1.97. The van der Waals surface area contributed by atoms with E-state index in [1.54, 1.807) is 32.9 Å². The molecule has 1 saturated heterocycles. The molecule has 0 unspecified atom stereocenters. The Morgan fingerprint density at radius 3 is 2.59 bits per heavy atom.